The lowest BCUT2D eigenvalue weighted by Crippen LogP contribution is -2.12. The van der Waals surface area contributed by atoms with Crippen molar-refractivity contribution in [2.24, 2.45) is 0 Å². The van der Waals surface area contributed by atoms with E-state index in [1.54, 1.807) is 0 Å². The summed E-state index contributed by atoms with van der Waals surface area (Å²) in [7, 11) is 0. The summed E-state index contributed by atoms with van der Waals surface area (Å²) >= 11 is 5.39. The van der Waals surface area contributed by atoms with Crippen molar-refractivity contribution >= 4 is 11.6 Å². The van der Waals surface area contributed by atoms with Crippen molar-refractivity contribution in [1.82, 2.24) is 40.0 Å². The predicted octanol–water partition coefficient (Wildman–Crippen LogP) is 4.27. The van der Waals surface area contributed by atoms with Crippen molar-refractivity contribution < 1.29 is 30.7 Å². The maximum Gasteiger partial charge on any atom is 0.420 e. The van der Waals surface area contributed by atoms with Gasteiger partial charge in [0.15, 0.2) is 0 Å². The van der Waals surface area contributed by atoms with Crippen molar-refractivity contribution in [3.63, 3.8) is 0 Å². The molecule has 0 bridgehead atoms. The molecule has 0 spiro atoms. The smallest absolute Gasteiger partial charge is 0.244 e. The normalized spacial score (nSPS) is 11.8. The summed E-state index contributed by atoms with van der Waals surface area (Å²) < 4.78 is 87.7. The Hall–Kier alpha value is -3.62. The molecule has 0 unspecified atom stereocenters. The van der Waals surface area contributed by atoms with E-state index in [0.29, 0.717) is 11.6 Å². The van der Waals surface area contributed by atoms with Gasteiger partial charge in [0.25, 0.3) is 0 Å². The number of nitrogens with zero attached hydrogens (tertiary/aromatic N) is 8. The van der Waals surface area contributed by atoms with Crippen molar-refractivity contribution in [2.45, 2.75) is 25.4 Å². The Bertz CT molecular complexity index is 1110. The summed E-state index contributed by atoms with van der Waals surface area (Å²) in [5.41, 5.74) is -1.83. The molecule has 180 valence electrons. The summed E-state index contributed by atoms with van der Waals surface area (Å²) in [6, 6.07) is 1.64. The van der Waals surface area contributed by atoms with Crippen molar-refractivity contribution in [3.05, 3.63) is 82.7 Å². The third kappa shape index (κ3) is 6.69. The summed E-state index contributed by atoms with van der Waals surface area (Å²) in [6.07, 6.45) is -1.33. The van der Waals surface area contributed by atoms with E-state index in [0.717, 1.165) is 12.3 Å². The molecular formula is C18H12ClF7N8. The van der Waals surface area contributed by atoms with Gasteiger partial charge in [-0.25, -0.2) is 9.97 Å². The van der Waals surface area contributed by atoms with Crippen LogP contribution in [-0.4, -0.2) is 40.0 Å². The molecule has 0 aliphatic heterocycles. The van der Waals surface area contributed by atoms with E-state index in [-0.39, 0.29) is 18.7 Å². The Balaban J connectivity index is 0.000000191. The van der Waals surface area contributed by atoms with Gasteiger partial charge in [0.1, 0.15) is 10.7 Å². The van der Waals surface area contributed by atoms with Crippen molar-refractivity contribution in [2.75, 3.05) is 0 Å². The van der Waals surface area contributed by atoms with Gasteiger partial charge in [-0.1, -0.05) is 11.6 Å². The van der Waals surface area contributed by atoms with Crippen LogP contribution in [0.1, 0.15) is 22.3 Å². The van der Waals surface area contributed by atoms with E-state index in [9.17, 15) is 30.7 Å². The average Bonchev–Trinajstić information content (AvgIpc) is 3.44. The topological polar surface area (TPSA) is 87.2 Å². The third-order valence-corrected chi connectivity index (χ3v) is 4.28. The first-order valence-corrected chi connectivity index (χ1v) is 9.42. The molecule has 4 aromatic heterocycles. The lowest BCUT2D eigenvalue weighted by molar-refractivity contribution is -0.140. The van der Waals surface area contributed by atoms with Crippen LogP contribution in [0.3, 0.4) is 0 Å². The molecule has 0 atom stereocenters. The fraction of sp³-hybridized carbons (Fsp3) is 0.222. The fourth-order valence-electron chi connectivity index (χ4n) is 2.53. The van der Waals surface area contributed by atoms with E-state index in [4.69, 9.17) is 11.6 Å². The highest BCUT2D eigenvalue weighted by Gasteiger charge is 2.35. The molecule has 0 amide bonds. The van der Waals surface area contributed by atoms with Gasteiger partial charge in [0.2, 0.25) is 5.95 Å². The second-order valence-corrected chi connectivity index (χ2v) is 6.84. The monoisotopic (exact) mass is 508 g/mol. The van der Waals surface area contributed by atoms with Crippen LogP contribution in [0.15, 0.2) is 49.3 Å². The number of hydrogen-bond donors (Lipinski definition) is 0. The van der Waals surface area contributed by atoms with Gasteiger partial charge in [-0.3, -0.25) is 0 Å². The number of alkyl halides is 6. The maximum absolute atomic E-state index is 12.9. The van der Waals surface area contributed by atoms with E-state index in [1.807, 2.05) is 0 Å². The van der Waals surface area contributed by atoms with Crippen LogP contribution in [-0.2, 0) is 25.4 Å². The van der Waals surface area contributed by atoms with Gasteiger partial charge in [-0.15, -0.1) is 0 Å². The van der Waals surface area contributed by atoms with Crippen LogP contribution in [0, 0.1) is 5.95 Å². The molecule has 4 aromatic rings. The highest BCUT2D eigenvalue weighted by Crippen LogP contribution is 2.34. The number of aromatic nitrogens is 8. The Morgan fingerprint density at radius 3 is 1.53 bits per heavy atom. The van der Waals surface area contributed by atoms with Crippen molar-refractivity contribution in [1.29, 1.82) is 0 Å². The summed E-state index contributed by atoms with van der Waals surface area (Å²) in [5, 5.41) is 14.5. The molecule has 0 saturated heterocycles. The molecule has 8 nitrogen and oxygen atoms in total. The van der Waals surface area contributed by atoms with Crippen LogP contribution in [0.5, 0.6) is 0 Å². The highest BCUT2D eigenvalue weighted by molar-refractivity contribution is 6.30. The third-order valence-electron chi connectivity index (χ3n) is 3.98. The fourth-order valence-corrected chi connectivity index (χ4v) is 2.74. The zero-order valence-corrected chi connectivity index (χ0v) is 17.4. The molecule has 0 N–H and O–H groups in total. The minimum atomic E-state index is -4.76. The first-order valence-electron chi connectivity index (χ1n) is 9.05. The Morgan fingerprint density at radius 1 is 0.676 bits per heavy atom. The zero-order valence-electron chi connectivity index (χ0n) is 16.6. The number of hydrogen-bond acceptors (Lipinski definition) is 6. The van der Waals surface area contributed by atoms with Gasteiger partial charge in [-0.2, -0.15) is 60.7 Å². The molecule has 0 fully saturated rings. The van der Waals surface area contributed by atoms with Crippen LogP contribution < -0.4 is 0 Å². The Labute approximate surface area is 191 Å². The largest absolute Gasteiger partial charge is 0.420 e. The molecule has 4 heterocycles. The summed E-state index contributed by atoms with van der Waals surface area (Å²) in [4.78, 5) is 9.00. The molecular weight excluding hydrogens is 497 g/mol. The molecule has 34 heavy (non-hydrogen) atoms. The zero-order chi connectivity index (χ0) is 24.9. The Morgan fingerprint density at radius 2 is 1.09 bits per heavy atom. The van der Waals surface area contributed by atoms with Gasteiger partial charge < -0.3 is 0 Å². The van der Waals surface area contributed by atoms with Gasteiger partial charge >= 0.3 is 12.4 Å². The molecule has 0 saturated carbocycles. The molecule has 0 aliphatic rings. The molecule has 0 aliphatic carbocycles. The number of halogens is 8. The predicted molar refractivity (Wildman–Crippen MR) is 102 cm³/mol. The quantitative estimate of drug-likeness (QED) is 0.302. The second kappa shape index (κ2) is 10.1. The van der Waals surface area contributed by atoms with Gasteiger partial charge in [0, 0.05) is 12.4 Å². The van der Waals surface area contributed by atoms with Crippen LogP contribution in [0.2, 0.25) is 5.15 Å². The van der Waals surface area contributed by atoms with Gasteiger partial charge in [-0.05, 0) is 23.3 Å². The number of pyridine rings is 2. The maximum atomic E-state index is 12.9. The summed E-state index contributed by atoms with van der Waals surface area (Å²) in [6.45, 7) is 0.115. The Kier molecular flexibility index (Phi) is 7.44. The van der Waals surface area contributed by atoms with E-state index < -0.39 is 34.6 Å². The van der Waals surface area contributed by atoms with Crippen LogP contribution in [0.25, 0.3) is 0 Å². The van der Waals surface area contributed by atoms with E-state index in [1.165, 1.54) is 40.6 Å². The van der Waals surface area contributed by atoms with Crippen LogP contribution >= 0.6 is 11.6 Å². The minimum Gasteiger partial charge on any atom is -0.244 e. The molecule has 4 rings (SSSR count). The average molecular weight is 509 g/mol. The lowest BCUT2D eigenvalue weighted by Gasteiger charge is -2.09. The van der Waals surface area contributed by atoms with E-state index >= 15 is 0 Å². The first kappa shape index (κ1) is 25.0. The SMILES string of the molecule is FC(F)(F)c1cc(Cn2nccn2)cnc1Cl.Fc1ncc(Cn2nccn2)cc1C(F)(F)F. The molecule has 0 aromatic carbocycles. The summed E-state index contributed by atoms with van der Waals surface area (Å²) in [5.74, 6) is -1.53. The highest BCUT2D eigenvalue weighted by atomic mass is 35.5. The number of rotatable bonds is 4. The van der Waals surface area contributed by atoms with E-state index in [2.05, 4.69) is 30.4 Å². The van der Waals surface area contributed by atoms with Gasteiger partial charge in [0.05, 0.1) is 43.4 Å². The standard InChI is InChI=1S/C9H6ClF3N4.C9H6F4N4/c2*10-8-7(9(11,12)13)3-6(4-14-8)5-17-15-1-2-16-17/h2*1-4H,5H2. The molecule has 0 radical (unpaired) electrons. The minimum absolute atomic E-state index is 0.00333. The first-order chi connectivity index (χ1) is 15.9. The molecule has 16 heteroatoms. The second-order valence-electron chi connectivity index (χ2n) is 6.48. The van der Waals surface area contributed by atoms with Crippen LogP contribution in [0.4, 0.5) is 30.7 Å². The van der Waals surface area contributed by atoms with Crippen molar-refractivity contribution in [3.8, 4) is 0 Å². The lowest BCUT2D eigenvalue weighted by atomic mass is 10.2.